The van der Waals surface area contributed by atoms with Crippen molar-refractivity contribution in [2.75, 3.05) is 13.1 Å². The molecule has 0 bridgehead atoms. The second-order valence-corrected chi connectivity index (χ2v) is 7.92. The van der Waals surface area contributed by atoms with Gasteiger partial charge >= 0.3 is 0 Å². The SMILES string of the molecule is O=S(=O)(NC1CCN(C2CC2)C1)c1cccc(Br)c1. The van der Waals surface area contributed by atoms with Gasteiger partial charge in [-0.05, 0) is 37.5 Å². The Morgan fingerprint density at radius 3 is 2.74 bits per heavy atom. The summed E-state index contributed by atoms with van der Waals surface area (Å²) < 4.78 is 28.2. The molecule has 1 aliphatic carbocycles. The van der Waals surface area contributed by atoms with Gasteiger partial charge in [-0.15, -0.1) is 0 Å². The summed E-state index contributed by atoms with van der Waals surface area (Å²) in [5.74, 6) is 0. The first-order valence-corrected chi connectivity index (χ1v) is 8.84. The summed E-state index contributed by atoms with van der Waals surface area (Å²) >= 11 is 3.30. The average molecular weight is 345 g/mol. The van der Waals surface area contributed by atoms with E-state index in [1.54, 1.807) is 18.2 Å². The van der Waals surface area contributed by atoms with E-state index in [0.717, 1.165) is 24.0 Å². The average Bonchev–Trinajstić information content (AvgIpc) is 3.11. The number of halogens is 1. The van der Waals surface area contributed by atoms with Gasteiger partial charge in [-0.2, -0.15) is 0 Å². The Balaban J connectivity index is 1.68. The largest absolute Gasteiger partial charge is 0.299 e. The third-order valence-corrected chi connectivity index (χ3v) is 5.72. The Morgan fingerprint density at radius 1 is 1.26 bits per heavy atom. The molecule has 104 valence electrons. The topological polar surface area (TPSA) is 49.4 Å². The molecule has 4 nitrogen and oxygen atoms in total. The fourth-order valence-corrected chi connectivity index (χ4v) is 4.43. The maximum absolute atomic E-state index is 12.3. The van der Waals surface area contributed by atoms with Crippen LogP contribution in [-0.2, 0) is 10.0 Å². The van der Waals surface area contributed by atoms with Crippen LogP contribution in [0.15, 0.2) is 33.6 Å². The first-order valence-electron chi connectivity index (χ1n) is 6.56. The van der Waals surface area contributed by atoms with E-state index in [-0.39, 0.29) is 6.04 Å². The van der Waals surface area contributed by atoms with Gasteiger partial charge in [0.1, 0.15) is 0 Å². The minimum absolute atomic E-state index is 0.0459. The molecule has 1 saturated heterocycles. The highest BCUT2D eigenvalue weighted by Gasteiger charge is 2.35. The van der Waals surface area contributed by atoms with E-state index >= 15 is 0 Å². The van der Waals surface area contributed by atoms with Crippen LogP contribution >= 0.6 is 15.9 Å². The van der Waals surface area contributed by atoms with Gasteiger partial charge in [-0.25, -0.2) is 13.1 Å². The third-order valence-electron chi connectivity index (χ3n) is 3.71. The third kappa shape index (κ3) is 3.18. The van der Waals surface area contributed by atoms with Crippen molar-refractivity contribution in [1.82, 2.24) is 9.62 Å². The lowest BCUT2D eigenvalue weighted by atomic mass is 10.3. The zero-order valence-electron chi connectivity index (χ0n) is 10.5. The maximum Gasteiger partial charge on any atom is 0.240 e. The van der Waals surface area contributed by atoms with Crippen molar-refractivity contribution in [3.8, 4) is 0 Å². The van der Waals surface area contributed by atoms with Crippen LogP contribution < -0.4 is 4.72 Å². The number of nitrogens with one attached hydrogen (secondary N) is 1. The van der Waals surface area contributed by atoms with Crippen molar-refractivity contribution in [2.45, 2.75) is 36.2 Å². The Kier molecular flexibility index (Phi) is 3.68. The summed E-state index contributed by atoms with van der Waals surface area (Å²) in [7, 11) is -3.40. The van der Waals surface area contributed by atoms with Gasteiger partial charge in [0.05, 0.1) is 4.90 Å². The molecular formula is C13H17BrN2O2S. The fourth-order valence-electron chi connectivity index (χ4n) is 2.58. The molecular weight excluding hydrogens is 328 g/mol. The first kappa shape index (κ1) is 13.5. The van der Waals surface area contributed by atoms with E-state index in [1.807, 2.05) is 6.07 Å². The highest BCUT2D eigenvalue weighted by molar-refractivity contribution is 9.10. The number of rotatable bonds is 4. The van der Waals surface area contributed by atoms with E-state index in [9.17, 15) is 8.42 Å². The summed E-state index contributed by atoms with van der Waals surface area (Å²) in [4.78, 5) is 2.72. The van der Waals surface area contributed by atoms with E-state index in [4.69, 9.17) is 0 Å². The number of nitrogens with zero attached hydrogens (tertiary/aromatic N) is 1. The molecule has 19 heavy (non-hydrogen) atoms. The molecule has 0 aromatic heterocycles. The van der Waals surface area contributed by atoms with Gasteiger partial charge in [-0.1, -0.05) is 22.0 Å². The van der Waals surface area contributed by atoms with Crippen LogP contribution in [0.2, 0.25) is 0 Å². The molecule has 1 saturated carbocycles. The van der Waals surface area contributed by atoms with Crippen LogP contribution in [0.3, 0.4) is 0 Å². The van der Waals surface area contributed by atoms with Gasteiger partial charge in [0, 0.05) is 29.6 Å². The Morgan fingerprint density at radius 2 is 2.05 bits per heavy atom. The van der Waals surface area contributed by atoms with E-state index in [1.165, 1.54) is 12.8 Å². The molecule has 1 aromatic carbocycles. The molecule has 0 amide bonds. The smallest absolute Gasteiger partial charge is 0.240 e. The van der Waals surface area contributed by atoms with Crippen molar-refractivity contribution in [2.24, 2.45) is 0 Å². The Bertz CT molecular complexity index is 572. The number of benzene rings is 1. The molecule has 2 fully saturated rings. The minimum atomic E-state index is -3.40. The van der Waals surface area contributed by atoms with Gasteiger partial charge < -0.3 is 0 Å². The Hall–Kier alpha value is -0.430. The molecule has 1 aliphatic heterocycles. The molecule has 0 spiro atoms. The predicted octanol–water partition coefficient (Wildman–Crippen LogP) is 1.96. The second-order valence-electron chi connectivity index (χ2n) is 5.29. The van der Waals surface area contributed by atoms with Crippen molar-refractivity contribution in [3.05, 3.63) is 28.7 Å². The van der Waals surface area contributed by atoms with Gasteiger partial charge in [0.25, 0.3) is 0 Å². The lowest BCUT2D eigenvalue weighted by Crippen LogP contribution is -2.37. The predicted molar refractivity (Wildman–Crippen MR) is 77.5 cm³/mol. The molecule has 1 aromatic rings. The van der Waals surface area contributed by atoms with Crippen LogP contribution in [0.25, 0.3) is 0 Å². The number of sulfonamides is 1. The summed E-state index contributed by atoms with van der Waals surface area (Å²) in [6, 6.07) is 7.58. The summed E-state index contributed by atoms with van der Waals surface area (Å²) in [6.07, 6.45) is 3.44. The minimum Gasteiger partial charge on any atom is -0.299 e. The summed E-state index contributed by atoms with van der Waals surface area (Å²) in [5.41, 5.74) is 0. The molecule has 6 heteroatoms. The molecule has 1 N–H and O–H groups in total. The second kappa shape index (κ2) is 5.16. The molecule has 1 atom stereocenters. The zero-order chi connectivity index (χ0) is 13.5. The highest BCUT2D eigenvalue weighted by atomic mass is 79.9. The van der Waals surface area contributed by atoms with E-state index in [0.29, 0.717) is 10.9 Å². The monoisotopic (exact) mass is 344 g/mol. The lowest BCUT2D eigenvalue weighted by Gasteiger charge is -2.16. The molecule has 1 unspecified atom stereocenters. The van der Waals surface area contributed by atoms with E-state index in [2.05, 4.69) is 25.6 Å². The van der Waals surface area contributed by atoms with Crippen LogP contribution in [0, 0.1) is 0 Å². The Labute approximate surface area is 122 Å². The van der Waals surface area contributed by atoms with Crippen LogP contribution in [-0.4, -0.2) is 38.5 Å². The zero-order valence-corrected chi connectivity index (χ0v) is 13.0. The van der Waals surface area contributed by atoms with Gasteiger partial charge in [0.2, 0.25) is 10.0 Å². The van der Waals surface area contributed by atoms with Crippen molar-refractivity contribution < 1.29 is 8.42 Å². The molecule has 3 rings (SSSR count). The quantitative estimate of drug-likeness (QED) is 0.908. The number of likely N-dealkylation sites (tertiary alicyclic amines) is 1. The van der Waals surface area contributed by atoms with Crippen molar-refractivity contribution >= 4 is 26.0 Å². The lowest BCUT2D eigenvalue weighted by molar-refractivity contribution is 0.322. The molecule has 1 heterocycles. The molecule has 2 aliphatic rings. The van der Waals surface area contributed by atoms with Crippen LogP contribution in [0.1, 0.15) is 19.3 Å². The fraction of sp³-hybridized carbons (Fsp3) is 0.538. The normalized spacial score (nSPS) is 24.8. The number of hydrogen-bond donors (Lipinski definition) is 1. The highest BCUT2D eigenvalue weighted by Crippen LogP contribution is 2.30. The van der Waals surface area contributed by atoms with Gasteiger partial charge in [0.15, 0.2) is 0 Å². The first-order chi connectivity index (χ1) is 9.04. The number of hydrogen-bond acceptors (Lipinski definition) is 3. The van der Waals surface area contributed by atoms with Crippen LogP contribution in [0.5, 0.6) is 0 Å². The summed E-state index contributed by atoms with van der Waals surface area (Å²) in [5, 5.41) is 0. The molecule has 0 radical (unpaired) electrons. The van der Waals surface area contributed by atoms with E-state index < -0.39 is 10.0 Å². The van der Waals surface area contributed by atoms with Gasteiger partial charge in [-0.3, -0.25) is 4.90 Å². The van der Waals surface area contributed by atoms with Crippen LogP contribution in [0.4, 0.5) is 0 Å². The standard InChI is InChI=1S/C13H17BrN2O2S/c14-10-2-1-3-13(8-10)19(17,18)15-11-6-7-16(9-11)12-4-5-12/h1-3,8,11-12,15H,4-7,9H2. The summed E-state index contributed by atoms with van der Waals surface area (Å²) in [6.45, 7) is 1.86. The van der Waals surface area contributed by atoms with Crippen molar-refractivity contribution in [3.63, 3.8) is 0 Å². The van der Waals surface area contributed by atoms with Crippen molar-refractivity contribution in [1.29, 1.82) is 0 Å². The maximum atomic E-state index is 12.3.